The first-order valence-corrected chi connectivity index (χ1v) is 4.91. The zero-order valence-corrected chi connectivity index (χ0v) is 8.46. The van der Waals surface area contributed by atoms with E-state index in [0.717, 1.165) is 16.8 Å². The number of aromatic nitrogens is 1. The van der Waals surface area contributed by atoms with Gasteiger partial charge in [-0.15, -0.1) is 0 Å². The highest BCUT2D eigenvalue weighted by Crippen LogP contribution is 2.23. The molecule has 1 aromatic heterocycles. The van der Waals surface area contributed by atoms with E-state index < -0.39 is 0 Å². The molecule has 1 aromatic carbocycles. The number of hydrogen-bond acceptors (Lipinski definition) is 2. The quantitative estimate of drug-likeness (QED) is 0.820. The van der Waals surface area contributed by atoms with Crippen molar-refractivity contribution in [1.29, 1.82) is 0 Å². The maximum Gasteiger partial charge on any atom is 0.0415 e. The molecule has 0 bridgehead atoms. The Hall–Kier alpha value is -1.12. The van der Waals surface area contributed by atoms with Crippen LogP contribution in [0.3, 0.4) is 0 Å². The van der Waals surface area contributed by atoms with Gasteiger partial charge in [0.2, 0.25) is 0 Å². The predicted octanol–water partition coefficient (Wildman–Crippen LogP) is 2.39. The summed E-state index contributed by atoms with van der Waals surface area (Å²) in [4.78, 5) is 4.07. The van der Waals surface area contributed by atoms with Crippen molar-refractivity contribution in [2.45, 2.75) is 6.42 Å². The molecule has 0 fully saturated rings. The second-order valence-electron chi connectivity index (χ2n) is 3.20. The highest BCUT2D eigenvalue weighted by molar-refractivity contribution is 6.31. The molecule has 14 heavy (non-hydrogen) atoms. The zero-order chi connectivity index (χ0) is 9.97. The number of nitrogens with zero attached hydrogens (tertiary/aromatic N) is 1. The minimum Gasteiger partial charge on any atom is -0.330 e. The fourth-order valence-corrected chi connectivity index (χ4v) is 1.86. The zero-order valence-electron chi connectivity index (χ0n) is 7.70. The first-order valence-electron chi connectivity index (χ1n) is 4.53. The van der Waals surface area contributed by atoms with Gasteiger partial charge in [-0.1, -0.05) is 11.6 Å². The monoisotopic (exact) mass is 206 g/mol. The second kappa shape index (κ2) is 3.95. The van der Waals surface area contributed by atoms with Crippen molar-refractivity contribution in [3.8, 4) is 0 Å². The van der Waals surface area contributed by atoms with Crippen molar-refractivity contribution in [3.05, 3.63) is 41.2 Å². The number of nitrogens with two attached hydrogens (primary N) is 1. The predicted molar refractivity (Wildman–Crippen MR) is 59.5 cm³/mol. The van der Waals surface area contributed by atoms with Gasteiger partial charge in [0, 0.05) is 22.8 Å². The number of halogens is 1. The second-order valence-corrected chi connectivity index (χ2v) is 3.64. The van der Waals surface area contributed by atoms with Gasteiger partial charge in [-0.2, -0.15) is 0 Å². The van der Waals surface area contributed by atoms with Gasteiger partial charge >= 0.3 is 0 Å². The molecule has 0 unspecified atom stereocenters. The number of hydrogen-bond donors (Lipinski definition) is 1. The summed E-state index contributed by atoms with van der Waals surface area (Å²) >= 11 is 5.99. The minimum absolute atomic E-state index is 0.637. The van der Waals surface area contributed by atoms with Crippen LogP contribution in [0.25, 0.3) is 10.8 Å². The fraction of sp³-hybridized carbons (Fsp3) is 0.182. The van der Waals surface area contributed by atoms with Gasteiger partial charge in [-0.25, -0.2) is 0 Å². The Kier molecular flexibility index (Phi) is 2.66. The van der Waals surface area contributed by atoms with Gasteiger partial charge < -0.3 is 5.73 Å². The first-order chi connectivity index (χ1) is 6.81. The summed E-state index contributed by atoms with van der Waals surface area (Å²) in [5.41, 5.74) is 6.73. The van der Waals surface area contributed by atoms with E-state index in [-0.39, 0.29) is 0 Å². The number of benzene rings is 1. The lowest BCUT2D eigenvalue weighted by molar-refractivity contribution is 0.977. The Morgan fingerprint density at radius 1 is 1.36 bits per heavy atom. The summed E-state index contributed by atoms with van der Waals surface area (Å²) < 4.78 is 0. The molecule has 0 aliphatic carbocycles. The third-order valence-electron chi connectivity index (χ3n) is 2.22. The van der Waals surface area contributed by atoms with Crippen LogP contribution in [0.4, 0.5) is 0 Å². The maximum absolute atomic E-state index is 5.99. The van der Waals surface area contributed by atoms with E-state index in [1.807, 2.05) is 24.4 Å². The number of pyridine rings is 1. The normalized spacial score (nSPS) is 10.7. The lowest BCUT2D eigenvalue weighted by atomic mass is 10.0. The lowest BCUT2D eigenvalue weighted by Gasteiger charge is -2.05. The molecule has 1 heterocycles. The third-order valence-corrected chi connectivity index (χ3v) is 2.44. The summed E-state index contributed by atoms with van der Waals surface area (Å²) in [6.45, 7) is 0.637. The molecule has 2 aromatic rings. The van der Waals surface area contributed by atoms with Gasteiger partial charge in [-0.3, -0.25) is 4.98 Å². The minimum atomic E-state index is 0.637. The van der Waals surface area contributed by atoms with Crippen molar-refractivity contribution in [2.24, 2.45) is 5.73 Å². The summed E-state index contributed by atoms with van der Waals surface area (Å²) in [7, 11) is 0. The van der Waals surface area contributed by atoms with Crippen LogP contribution in [-0.4, -0.2) is 11.5 Å². The standard InChI is InChI=1S/C11H11ClN2/c12-10-5-8(1-3-13)11-2-4-14-7-9(11)6-10/h2,4-7H,1,3,13H2. The van der Waals surface area contributed by atoms with Gasteiger partial charge in [-0.05, 0) is 42.1 Å². The van der Waals surface area contributed by atoms with Crippen LogP contribution in [-0.2, 0) is 6.42 Å². The van der Waals surface area contributed by atoms with E-state index in [0.29, 0.717) is 6.54 Å². The van der Waals surface area contributed by atoms with Crippen LogP contribution in [0.2, 0.25) is 5.02 Å². The van der Waals surface area contributed by atoms with E-state index in [9.17, 15) is 0 Å². The SMILES string of the molecule is NCCc1cc(Cl)cc2cnccc12. The van der Waals surface area contributed by atoms with Crippen molar-refractivity contribution < 1.29 is 0 Å². The van der Waals surface area contributed by atoms with E-state index in [2.05, 4.69) is 4.98 Å². The van der Waals surface area contributed by atoms with Crippen molar-refractivity contribution in [1.82, 2.24) is 4.98 Å². The molecule has 0 radical (unpaired) electrons. The topological polar surface area (TPSA) is 38.9 Å². The molecule has 0 saturated heterocycles. The van der Waals surface area contributed by atoms with Gasteiger partial charge in [0.15, 0.2) is 0 Å². The molecule has 3 heteroatoms. The molecule has 2 rings (SSSR count). The van der Waals surface area contributed by atoms with E-state index in [1.54, 1.807) is 6.20 Å². The van der Waals surface area contributed by atoms with Crippen LogP contribution in [0.1, 0.15) is 5.56 Å². The van der Waals surface area contributed by atoms with E-state index in [1.165, 1.54) is 10.9 Å². The summed E-state index contributed by atoms with van der Waals surface area (Å²) in [5.74, 6) is 0. The van der Waals surface area contributed by atoms with Crippen molar-refractivity contribution in [3.63, 3.8) is 0 Å². The van der Waals surface area contributed by atoms with E-state index >= 15 is 0 Å². The molecular formula is C11H11ClN2. The first kappa shape index (κ1) is 9.44. The number of fused-ring (bicyclic) bond motifs is 1. The Labute approximate surface area is 87.7 Å². The highest BCUT2D eigenvalue weighted by atomic mass is 35.5. The van der Waals surface area contributed by atoms with Gasteiger partial charge in [0.05, 0.1) is 0 Å². The average Bonchev–Trinajstić information content (AvgIpc) is 2.18. The Morgan fingerprint density at radius 2 is 2.21 bits per heavy atom. The van der Waals surface area contributed by atoms with Crippen LogP contribution >= 0.6 is 11.6 Å². The number of rotatable bonds is 2. The van der Waals surface area contributed by atoms with Crippen LogP contribution in [0.5, 0.6) is 0 Å². The lowest BCUT2D eigenvalue weighted by Crippen LogP contribution is -2.03. The average molecular weight is 207 g/mol. The molecule has 0 saturated carbocycles. The molecule has 2 N–H and O–H groups in total. The smallest absolute Gasteiger partial charge is 0.0415 e. The Bertz CT molecular complexity index is 454. The van der Waals surface area contributed by atoms with Crippen molar-refractivity contribution >= 4 is 22.4 Å². The molecule has 0 amide bonds. The maximum atomic E-state index is 5.99. The molecule has 0 aliphatic heterocycles. The molecule has 0 atom stereocenters. The molecular weight excluding hydrogens is 196 g/mol. The molecule has 0 spiro atoms. The van der Waals surface area contributed by atoms with Gasteiger partial charge in [0.1, 0.15) is 0 Å². The van der Waals surface area contributed by atoms with Crippen LogP contribution in [0.15, 0.2) is 30.6 Å². The molecule has 0 aliphatic rings. The van der Waals surface area contributed by atoms with Crippen LogP contribution in [0, 0.1) is 0 Å². The summed E-state index contributed by atoms with van der Waals surface area (Å²) in [6, 6.07) is 5.89. The summed E-state index contributed by atoms with van der Waals surface area (Å²) in [6.07, 6.45) is 4.46. The highest BCUT2D eigenvalue weighted by Gasteiger charge is 2.01. The molecule has 72 valence electrons. The third kappa shape index (κ3) is 1.72. The fourth-order valence-electron chi connectivity index (χ4n) is 1.61. The Balaban J connectivity index is 2.67. The largest absolute Gasteiger partial charge is 0.330 e. The Morgan fingerprint density at radius 3 is 3.00 bits per heavy atom. The van der Waals surface area contributed by atoms with Gasteiger partial charge in [0.25, 0.3) is 0 Å². The molecule has 2 nitrogen and oxygen atoms in total. The summed E-state index contributed by atoms with van der Waals surface area (Å²) in [5, 5.41) is 3.01. The van der Waals surface area contributed by atoms with E-state index in [4.69, 9.17) is 17.3 Å². The van der Waals surface area contributed by atoms with Crippen molar-refractivity contribution in [2.75, 3.05) is 6.54 Å². The van der Waals surface area contributed by atoms with Crippen LogP contribution < -0.4 is 5.73 Å².